The highest BCUT2D eigenvalue weighted by molar-refractivity contribution is 6.43. The number of hydrogen-bond donors (Lipinski definition) is 0. The van der Waals surface area contributed by atoms with Gasteiger partial charge in [-0.25, -0.2) is 8.78 Å². The summed E-state index contributed by atoms with van der Waals surface area (Å²) in [5, 5.41) is 39.3. The number of rotatable bonds is 11. The van der Waals surface area contributed by atoms with E-state index in [-0.39, 0.29) is 118 Å². The Labute approximate surface area is 389 Å². The van der Waals surface area contributed by atoms with Crippen LogP contribution in [0.15, 0.2) is 86.4 Å². The Morgan fingerprint density at radius 2 is 1.16 bits per heavy atom. The van der Waals surface area contributed by atoms with Crippen molar-refractivity contribution >= 4 is 81.2 Å². The fourth-order valence-corrected chi connectivity index (χ4v) is 7.00. The minimum absolute atomic E-state index is 0.000653. The van der Waals surface area contributed by atoms with Crippen LogP contribution in [0, 0.1) is 34.3 Å². The van der Waals surface area contributed by atoms with E-state index in [1.807, 2.05) is 19.1 Å². The van der Waals surface area contributed by atoms with Crippen LogP contribution in [0.1, 0.15) is 41.0 Å². The quantitative estimate of drug-likeness (QED) is 0.120. The molecule has 0 saturated heterocycles. The summed E-state index contributed by atoms with van der Waals surface area (Å²) >= 11 is 42.3. The molecule has 318 valence electrons. The third kappa shape index (κ3) is 10.3. The van der Waals surface area contributed by atoms with Gasteiger partial charge in [-0.15, -0.1) is 20.4 Å². The van der Waals surface area contributed by atoms with Gasteiger partial charge in [-0.3, -0.25) is 4.68 Å². The summed E-state index contributed by atoms with van der Waals surface area (Å²) in [5.74, 6) is -0.979. The molecule has 22 heteroatoms. The van der Waals surface area contributed by atoms with Crippen LogP contribution < -0.4 is 9.47 Å². The van der Waals surface area contributed by atoms with E-state index in [1.54, 1.807) is 4.68 Å². The van der Waals surface area contributed by atoms with Gasteiger partial charge in [-0.1, -0.05) is 93.3 Å². The van der Waals surface area contributed by atoms with Crippen molar-refractivity contribution in [2.45, 2.75) is 26.3 Å². The summed E-state index contributed by atoms with van der Waals surface area (Å²) in [6.45, 7) is 2.46. The number of halogens is 9. The van der Waals surface area contributed by atoms with E-state index in [2.05, 4.69) is 25.5 Å². The fourth-order valence-electron chi connectivity index (χ4n) is 5.66. The summed E-state index contributed by atoms with van der Waals surface area (Å²) in [6, 6.07) is 18.5. The molecule has 13 nitrogen and oxygen atoms in total. The van der Waals surface area contributed by atoms with E-state index < -0.39 is 11.6 Å². The van der Waals surface area contributed by atoms with Crippen molar-refractivity contribution < 1.29 is 31.5 Å². The Bertz CT molecular complexity index is 3090. The Balaban J connectivity index is 0.000000189. The predicted molar refractivity (Wildman–Crippen MR) is 229 cm³/mol. The molecule has 4 aromatic heterocycles. The molecule has 0 radical (unpaired) electrons. The number of aryl methyl sites for hydroxylation is 1. The maximum atomic E-state index is 15.2. The highest BCUT2D eigenvalue weighted by atomic mass is 35.5. The third-order valence-electron chi connectivity index (χ3n) is 8.50. The molecule has 8 aromatic rings. The van der Waals surface area contributed by atoms with Crippen LogP contribution in [-0.4, -0.2) is 30.2 Å². The van der Waals surface area contributed by atoms with Gasteiger partial charge in [0.05, 0.1) is 62.4 Å². The molecular weight excluding hydrogens is 971 g/mol. The van der Waals surface area contributed by atoms with E-state index in [4.69, 9.17) is 114 Å². The lowest BCUT2D eigenvalue weighted by Gasteiger charge is -2.11. The van der Waals surface area contributed by atoms with E-state index in [0.29, 0.717) is 17.3 Å². The van der Waals surface area contributed by atoms with Crippen LogP contribution in [0.25, 0.3) is 23.2 Å². The first-order valence-corrected chi connectivity index (χ1v) is 20.4. The Hall–Kier alpha value is -5.88. The van der Waals surface area contributed by atoms with E-state index in [0.717, 1.165) is 0 Å². The lowest BCUT2D eigenvalue weighted by atomic mass is 10.1. The first-order valence-electron chi connectivity index (χ1n) is 17.7. The lowest BCUT2D eigenvalue weighted by molar-refractivity contribution is 0.436. The third-order valence-corrected chi connectivity index (χ3v) is 10.6. The van der Waals surface area contributed by atoms with Crippen molar-refractivity contribution in [1.82, 2.24) is 30.2 Å². The average molecular weight is 992 g/mol. The second-order valence-corrected chi connectivity index (χ2v) is 15.6. The molecule has 0 fully saturated rings. The molecule has 0 aliphatic rings. The van der Waals surface area contributed by atoms with Gasteiger partial charge >= 0.3 is 0 Å². The summed E-state index contributed by atoms with van der Waals surface area (Å²) in [4.78, 5) is 0. The largest absolute Gasteiger partial charge is 0.456 e. The van der Waals surface area contributed by atoms with Gasteiger partial charge in [0.15, 0.2) is 23.1 Å². The molecule has 0 spiro atoms. The maximum absolute atomic E-state index is 15.2. The average Bonchev–Trinajstić information content (AvgIpc) is 4.08. The second kappa shape index (κ2) is 19.7. The Kier molecular flexibility index (Phi) is 14.1. The first kappa shape index (κ1) is 45.2. The molecule has 0 atom stereocenters. The first-order chi connectivity index (χ1) is 30.2. The van der Waals surface area contributed by atoms with Crippen molar-refractivity contribution in [3.63, 3.8) is 0 Å². The van der Waals surface area contributed by atoms with Crippen LogP contribution in [0.4, 0.5) is 8.78 Å². The molecule has 63 heavy (non-hydrogen) atoms. The molecule has 8 rings (SSSR count). The number of benzene rings is 4. The van der Waals surface area contributed by atoms with Crippen LogP contribution in [0.2, 0.25) is 35.2 Å². The van der Waals surface area contributed by atoms with Crippen LogP contribution in [0.3, 0.4) is 0 Å². The number of nitrogens with zero attached hydrogens (tertiary/aromatic N) is 8. The van der Waals surface area contributed by atoms with Crippen molar-refractivity contribution in [3.8, 4) is 58.4 Å². The SMILES string of the molecule is CCn1ncc(Cl)c1-c1nnc(Cc2ccc(Cl)c(Oc3cc(Cl)cc(C#N)c3)c2F)o1.N#Cc1cc(Cl)cc(Oc2c(Cl)ccc(Cc3nnc(-c4occ(Cl)c4Cl)o3)c2F)c1. The van der Waals surface area contributed by atoms with Gasteiger partial charge < -0.3 is 22.7 Å². The number of ether oxygens (including phenoxy) is 2. The molecule has 4 heterocycles. The lowest BCUT2D eigenvalue weighted by Crippen LogP contribution is -1.99. The molecule has 4 aromatic carbocycles. The topological polar surface area (TPSA) is 175 Å². The van der Waals surface area contributed by atoms with E-state index in [9.17, 15) is 0 Å². The van der Waals surface area contributed by atoms with Crippen molar-refractivity contribution in [2.75, 3.05) is 0 Å². The van der Waals surface area contributed by atoms with Crippen LogP contribution >= 0.6 is 81.2 Å². The zero-order chi connectivity index (χ0) is 44.9. The molecule has 0 amide bonds. The fraction of sp³-hybridized carbons (Fsp3) is 0.0976. The minimum atomic E-state index is -0.732. The number of hydrogen-bond acceptors (Lipinski definition) is 12. The van der Waals surface area contributed by atoms with Gasteiger partial charge in [-0.05, 0) is 55.5 Å². The summed E-state index contributed by atoms with van der Waals surface area (Å²) in [6.07, 6.45) is 2.65. The monoisotopic (exact) mass is 988 g/mol. The summed E-state index contributed by atoms with van der Waals surface area (Å²) < 4.78 is 59.5. The van der Waals surface area contributed by atoms with E-state index >= 15 is 8.78 Å². The van der Waals surface area contributed by atoms with Gasteiger partial charge in [-0.2, -0.15) is 15.6 Å². The van der Waals surface area contributed by atoms with Crippen molar-refractivity contribution in [1.29, 1.82) is 10.5 Å². The van der Waals surface area contributed by atoms with Gasteiger partial charge in [0, 0.05) is 27.7 Å². The standard InChI is InChI=1S/C21H13Cl3FN5O2.C20H8Cl4FN3O3/c1-2-30-19(16(24)10-27-30)21-29-28-17(32-21)7-12-3-4-15(23)20(18(12)25)31-14-6-11(9-26)5-13(22)8-14;21-11-3-9(7-26)4-12(6-11)30-18-13(22)2-1-10(17(18)25)5-15-27-28-20(31-15)19-16(24)14(23)8-29-19/h3-6,8,10H,2,7H2,1H3;1-4,6,8H,5H2. The number of aromatic nitrogens is 6. The molecule has 0 bridgehead atoms. The summed E-state index contributed by atoms with van der Waals surface area (Å²) in [5.41, 5.74) is 1.41. The highest BCUT2D eigenvalue weighted by Gasteiger charge is 2.23. The smallest absolute Gasteiger partial charge is 0.285 e. The molecule has 0 unspecified atom stereocenters. The van der Waals surface area contributed by atoms with Crippen molar-refractivity contribution in [2.24, 2.45) is 0 Å². The van der Waals surface area contributed by atoms with Gasteiger partial charge in [0.25, 0.3) is 11.8 Å². The molecule has 0 aliphatic carbocycles. The Morgan fingerprint density at radius 3 is 1.63 bits per heavy atom. The maximum Gasteiger partial charge on any atom is 0.285 e. The second-order valence-electron chi connectivity index (χ2n) is 12.7. The van der Waals surface area contributed by atoms with Gasteiger partial charge in [0.2, 0.25) is 17.5 Å². The molecular formula is C41H21Cl7F2N8O5. The molecule has 0 N–H and O–H groups in total. The number of nitriles is 2. The predicted octanol–water partition coefficient (Wildman–Crippen LogP) is 13.6. The van der Waals surface area contributed by atoms with Crippen LogP contribution in [0.5, 0.6) is 23.0 Å². The summed E-state index contributed by atoms with van der Waals surface area (Å²) in [7, 11) is 0. The number of furan rings is 1. The Morgan fingerprint density at radius 1 is 0.651 bits per heavy atom. The highest BCUT2D eigenvalue weighted by Crippen LogP contribution is 2.39. The van der Waals surface area contributed by atoms with Gasteiger partial charge in [0.1, 0.15) is 28.5 Å². The zero-order valence-corrected chi connectivity index (χ0v) is 36.9. The van der Waals surface area contributed by atoms with E-state index in [1.165, 1.54) is 73.1 Å². The molecule has 0 saturated carbocycles. The normalized spacial score (nSPS) is 10.9. The minimum Gasteiger partial charge on any atom is -0.456 e. The zero-order valence-electron chi connectivity index (χ0n) is 31.6. The van der Waals surface area contributed by atoms with Crippen LogP contribution in [-0.2, 0) is 19.4 Å². The molecule has 0 aliphatic heterocycles. The van der Waals surface area contributed by atoms with Crippen molar-refractivity contribution in [3.05, 3.63) is 154 Å².